The Morgan fingerprint density at radius 2 is 2.07 bits per heavy atom. The molecule has 0 bridgehead atoms. The highest BCUT2D eigenvalue weighted by Crippen LogP contribution is 2.41. The molecule has 1 fully saturated rings. The zero-order valence-corrected chi connectivity index (χ0v) is 17.0. The van der Waals surface area contributed by atoms with Gasteiger partial charge in [-0.1, -0.05) is 23.4 Å². The van der Waals surface area contributed by atoms with Gasteiger partial charge in [0.2, 0.25) is 10.0 Å². The molecule has 10 heteroatoms. The number of anilines is 1. The van der Waals surface area contributed by atoms with Crippen LogP contribution in [-0.2, 0) is 14.8 Å². The molecule has 0 spiro atoms. The van der Waals surface area contributed by atoms with Gasteiger partial charge >= 0.3 is 0 Å². The molecule has 3 aromatic rings. The van der Waals surface area contributed by atoms with E-state index in [9.17, 15) is 13.5 Å². The molecule has 0 unspecified atom stereocenters. The van der Waals surface area contributed by atoms with Gasteiger partial charge in [0.25, 0.3) is 0 Å². The fraction of sp³-hybridized carbons (Fsp3) is 0.300. The number of nitrogens with two attached hydrogens (primary N) is 1. The quantitative estimate of drug-likeness (QED) is 0.482. The van der Waals surface area contributed by atoms with Crippen LogP contribution in [0.25, 0.3) is 11.3 Å². The molecule has 2 heterocycles. The second kappa shape index (κ2) is 8.15. The normalized spacial score (nSPS) is 21.3. The van der Waals surface area contributed by atoms with Crippen LogP contribution in [0, 0.1) is 6.92 Å². The first-order valence-corrected chi connectivity index (χ1v) is 10.9. The molecule has 0 radical (unpaired) electrons. The lowest BCUT2D eigenvalue weighted by Crippen LogP contribution is -2.46. The van der Waals surface area contributed by atoms with Crippen LogP contribution in [-0.4, -0.2) is 42.6 Å². The van der Waals surface area contributed by atoms with E-state index in [1.807, 2.05) is 0 Å². The van der Waals surface area contributed by atoms with Crippen molar-refractivity contribution in [2.75, 3.05) is 12.5 Å². The van der Waals surface area contributed by atoms with Crippen LogP contribution >= 0.6 is 0 Å². The molecule has 1 saturated carbocycles. The van der Waals surface area contributed by atoms with Gasteiger partial charge in [0.05, 0.1) is 28.4 Å². The second-order valence-electron chi connectivity index (χ2n) is 7.17. The summed E-state index contributed by atoms with van der Waals surface area (Å²) >= 11 is 0. The number of aryl methyl sites for hydroxylation is 1. The van der Waals surface area contributed by atoms with Crippen LogP contribution < -0.4 is 10.5 Å². The van der Waals surface area contributed by atoms with Crippen molar-refractivity contribution in [3.05, 3.63) is 59.9 Å². The van der Waals surface area contributed by atoms with Crippen LogP contribution in [0.3, 0.4) is 0 Å². The molecule has 1 aromatic carbocycles. The molecule has 0 amide bonds. The Morgan fingerprint density at radius 1 is 1.30 bits per heavy atom. The van der Waals surface area contributed by atoms with Crippen LogP contribution in [0.4, 0.5) is 5.82 Å². The number of rotatable bonds is 7. The maximum Gasteiger partial charge on any atom is 0.242 e. The summed E-state index contributed by atoms with van der Waals surface area (Å²) in [4.78, 5) is 4.37. The van der Waals surface area contributed by atoms with E-state index in [1.165, 1.54) is 12.1 Å². The smallest absolute Gasteiger partial charge is 0.242 e. The van der Waals surface area contributed by atoms with Gasteiger partial charge in [0, 0.05) is 24.6 Å². The van der Waals surface area contributed by atoms with Gasteiger partial charge in [0.15, 0.2) is 5.76 Å². The van der Waals surface area contributed by atoms with Gasteiger partial charge in [0.1, 0.15) is 12.5 Å². The Labute approximate surface area is 173 Å². The number of hydrogen-bond donors (Lipinski definition) is 3. The van der Waals surface area contributed by atoms with Crippen molar-refractivity contribution in [2.24, 2.45) is 0 Å². The van der Waals surface area contributed by atoms with Gasteiger partial charge in [-0.25, -0.2) is 13.4 Å². The average Bonchev–Trinajstić information content (AvgIpc) is 3.15. The van der Waals surface area contributed by atoms with Crippen molar-refractivity contribution in [1.82, 2.24) is 14.9 Å². The Kier molecular flexibility index (Phi) is 5.56. The predicted octanol–water partition coefficient (Wildman–Crippen LogP) is 1.80. The molecule has 4 rings (SSSR count). The van der Waals surface area contributed by atoms with Crippen LogP contribution in [0.5, 0.6) is 0 Å². The summed E-state index contributed by atoms with van der Waals surface area (Å²) < 4.78 is 38.0. The largest absolute Gasteiger partial charge is 0.392 e. The lowest BCUT2D eigenvalue weighted by atomic mass is 9.74. The van der Waals surface area contributed by atoms with E-state index in [0.29, 0.717) is 23.4 Å². The minimum Gasteiger partial charge on any atom is -0.392 e. The average molecular weight is 430 g/mol. The number of ether oxygens (including phenoxy) is 1. The van der Waals surface area contributed by atoms with Crippen molar-refractivity contribution >= 4 is 15.8 Å². The zero-order chi connectivity index (χ0) is 21.3. The first-order valence-electron chi connectivity index (χ1n) is 9.38. The number of aliphatic hydroxyl groups excluding tert-OH is 1. The number of aromatic nitrogens is 2. The number of aliphatic hydroxyl groups is 1. The monoisotopic (exact) mass is 430 g/mol. The molecule has 3 atom stereocenters. The molecule has 0 aliphatic heterocycles. The molecular formula is C20H22N4O5S. The number of pyridine rings is 1. The maximum absolute atomic E-state index is 12.3. The summed E-state index contributed by atoms with van der Waals surface area (Å²) in [6, 6.07) is 11.6. The van der Waals surface area contributed by atoms with Gasteiger partial charge < -0.3 is 20.1 Å². The third kappa shape index (κ3) is 4.08. The summed E-state index contributed by atoms with van der Waals surface area (Å²) in [5.74, 6) is 0.417. The SMILES string of the molecule is Cc1cc(-c2cc([C@@H]3[C@H](O)C[C@H]3OCNS(=O)(=O)c3ccccc3)cnc2N)on1. The minimum absolute atomic E-state index is 0.161. The van der Waals surface area contributed by atoms with Crippen molar-refractivity contribution in [1.29, 1.82) is 0 Å². The van der Waals surface area contributed by atoms with Crippen LogP contribution in [0.2, 0.25) is 0 Å². The fourth-order valence-electron chi connectivity index (χ4n) is 3.45. The maximum atomic E-state index is 12.3. The van der Waals surface area contributed by atoms with Crippen LogP contribution in [0.15, 0.2) is 58.1 Å². The molecule has 9 nitrogen and oxygen atoms in total. The third-order valence-corrected chi connectivity index (χ3v) is 6.50. The Hall–Kier alpha value is -2.79. The highest BCUT2D eigenvalue weighted by atomic mass is 32.2. The highest BCUT2D eigenvalue weighted by molar-refractivity contribution is 7.89. The van der Waals surface area contributed by atoms with Gasteiger partial charge in [-0.3, -0.25) is 0 Å². The zero-order valence-electron chi connectivity index (χ0n) is 16.2. The number of hydrogen-bond acceptors (Lipinski definition) is 8. The second-order valence-corrected chi connectivity index (χ2v) is 8.94. The number of nitrogen functional groups attached to an aromatic ring is 1. The summed E-state index contributed by atoms with van der Waals surface area (Å²) in [7, 11) is -3.67. The van der Waals surface area contributed by atoms with Gasteiger partial charge in [-0.15, -0.1) is 0 Å². The van der Waals surface area contributed by atoms with E-state index >= 15 is 0 Å². The Bertz CT molecular complexity index is 1130. The van der Waals surface area contributed by atoms with E-state index in [2.05, 4.69) is 14.9 Å². The standard InChI is InChI=1S/C20H22N4O5S/c1-12-7-17(29-24-12)15-8-13(10-22-20(15)21)19-16(25)9-18(19)28-11-23-30(26,27)14-5-3-2-4-6-14/h2-8,10,16,18-19,23,25H,9,11H2,1H3,(H2,21,22)/t16-,18-,19-/m1/s1. The summed E-state index contributed by atoms with van der Waals surface area (Å²) in [5, 5.41) is 14.2. The van der Waals surface area contributed by atoms with E-state index in [4.69, 9.17) is 15.0 Å². The molecule has 1 aliphatic carbocycles. The molecule has 4 N–H and O–H groups in total. The summed E-state index contributed by atoms with van der Waals surface area (Å²) in [6.07, 6.45) is 0.974. The van der Waals surface area contributed by atoms with Gasteiger partial charge in [-0.05, 0) is 30.7 Å². The Morgan fingerprint density at radius 3 is 2.73 bits per heavy atom. The van der Waals surface area contributed by atoms with Crippen molar-refractivity contribution in [3.8, 4) is 11.3 Å². The highest BCUT2D eigenvalue weighted by Gasteiger charge is 2.42. The summed E-state index contributed by atoms with van der Waals surface area (Å²) in [6.45, 7) is 1.60. The predicted molar refractivity (Wildman–Crippen MR) is 109 cm³/mol. The fourth-order valence-corrected chi connectivity index (χ4v) is 4.36. The number of nitrogens with one attached hydrogen (secondary N) is 1. The summed E-state index contributed by atoms with van der Waals surface area (Å²) in [5.41, 5.74) is 7.99. The Balaban J connectivity index is 1.45. The molecule has 30 heavy (non-hydrogen) atoms. The minimum atomic E-state index is -3.67. The molecule has 158 valence electrons. The molecule has 2 aromatic heterocycles. The lowest BCUT2D eigenvalue weighted by molar-refractivity contribution is -0.0942. The first kappa shape index (κ1) is 20.5. The van der Waals surface area contributed by atoms with E-state index in [0.717, 1.165) is 5.56 Å². The first-order chi connectivity index (χ1) is 14.3. The van der Waals surface area contributed by atoms with E-state index in [-0.39, 0.29) is 29.5 Å². The van der Waals surface area contributed by atoms with Crippen molar-refractivity contribution < 1.29 is 22.8 Å². The number of benzene rings is 1. The molecular weight excluding hydrogens is 408 g/mol. The number of sulfonamides is 1. The van der Waals surface area contributed by atoms with Crippen molar-refractivity contribution in [3.63, 3.8) is 0 Å². The lowest BCUT2D eigenvalue weighted by Gasteiger charge is -2.41. The van der Waals surface area contributed by atoms with Crippen molar-refractivity contribution in [2.45, 2.75) is 36.4 Å². The number of nitrogens with zero attached hydrogens (tertiary/aromatic N) is 2. The third-order valence-electron chi connectivity index (χ3n) is 5.11. The van der Waals surface area contributed by atoms with E-state index < -0.39 is 16.1 Å². The molecule has 0 saturated heterocycles. The topological polar surface area (TPSA) is 141 Å². The van der Waals surface area contributed by atoms with E-state index in [1.54, 1.807) is 43.5 Å². The van der Waals surface area contributed by atoms with Gasteiger partial charge in [-0.2, -0.15) is 4.72 Å². The molecule has 1 aliphatic rings. The van der Waals surface area contributed by atoms with Crippen LogP contribution in [0.1, 0.15) is 23.6 Å².